The molecule has 0 unspecified atom stereocenters. The molecule has 0 atom stereocenters. The lowest BCUT2D eigenvalue weighted by Crippen LogP contribution is -2.40. The number of anilines is 2. The van der Waals surface area contributed by atoms with Crippen molar-refractivity contribution in [1.82, 2.24) is 4.90 Å². The first-order valence-electron chi connectivity index (χ1n) is 9.16. The molecule has 1 fully saturated rings. The lowest BCUT2D eigenvalue weighted by molar-refractivity contribution is -0.112. The number of sulfonamides is 1. The molecule has 1 aromatic rings. The second kappa shape index (κ2) is 7.40. The molecule has 0 bridgehead atoms. The maximum Gasteiger partial charge on any atom is 0.259 e. The van der Waals surface area contributed by atoms with Gasteiger partial charge in [0.1, 0.15) is 0 Å². The van der Waals surface area contributed by atoms with Crippen molar-refractivity contribution in [1.29, 1.82) is 0 Å². The van der Waals surface area contributed by atoms with Crippen LogP contribution >= 0.6 is 0 Å². The number of allylic oxidation sites excluding steroid dienone is 2. The van der Waals surface area contributed by atoms with Crippen molar-refractivity contribution < 1.29 is 17.9 Å². The van der Waals surface area contributed by atoms with Crippen molar-refractivity contribution in [2.45, 2.75) is 6.92 Å². The highest BCUT2D eigenvalue weighted by Crippen LogP contribution is 2.25. The monoisotopic (exact) mass is 402 g/mol. The van der Waals surface area contributed by atoms with E-state index < -0.39 is 10.0 Å². The molecule has 28 heavy (non-hydrogen) atoms. The molecular formula is C19H22N4O4S. The standard InChI is InChI=1S/C19H22N4O4S/c1-14-13-15(22-7-10-27-11-8-22)4-5-17(14)20-19(24)16-3-2-6-23-9-12-28(25,26)21-18(16)23/h2-6,13H,7-12H2,1H3,(H,20,24). The van der Waals surface area contributed by atoms with E-state index in [0.29, 0.717) is 18.9 Å². The summed E-state index contributed by atoms with van der Waals surface area (Å²) in [6.45, 7) is 5.32. The minimum atomic E-state index is -3.54. The highest BCUT2D eigenvalue weighted by Gasteiger charge is 2.30. The minimum absolute atomic E-state index is 0.0577. The van der Waals surface area contributed by atoms with Gasteiger partial charge in [-0.3, -0.25) is 4.79 Å². The van der Waals surface area contributed by atoms with Gasteiger partial charge >= 0.3 is 0 Å². The molecule has 3 aliphatic rings. The summed E-state index contributed by atoms with van der Waals surface area (Å²) in [7, 11) is -3.54. The molecule has 1 amide bonds. The lowest BCUT2D eigenvalue weighted by Gasteiger charge is -2.30. The summed E-state index contributed by atoms with van der Waals surface area (Å²) in [5.74, 6) is -0.265. The van der Waals surface area contributed by atoms with Crippen LogP contribution < -0.4 is 10.2 Å². The van der Waals surface area contributed by atoms with Gasteiger partial charge in [0, 0.05) is 37.2 Å². The summed E-state index contributed by atoms with van der Waals surface area (Å²) in [5.41, 5.74) is 2.94. The first-order valence-corrected chi connectivity index (χ1v) is 10.8. The smallest absolute Gasteiger partial charge is 0.259 e. The van der Waals surface area contributed by atoms with Gasteiger partial charge in [0.15, 0.2) is 5.84 Å². The molecule has 148 valence electrons. The number of benzene rings is 1. The molecule has 1 aromatic carbocycles. The number of amides is 1. The molecule has 0 saturated carbocycles. The van der Waals surface area contributed by atoms with Gasteiger partial charge < -0.3 is 19.9 Å². The summed E-state index contributed by atoms with van der Waals surface area (Å²) >= 11 is 0. The Labute approximate surface area is 164 Å². The maximum absolute atomic E-state index is 12.8. The van der Waals surface area contributed by atoms with Crippen LogP contribution in [0.1, 0.15) is 5.56 Å². The Bertz CT molecular complexity index is 991. The number of carbonyl (C=O) groups is 1. The van der Waals surface area contributed by atoms with Crippen LogP contribution in [-0.2, 0) is 19.6 Å². The third-order valence-electron chi connectivity index (χ3n) is 4.94. The quantitative estimate of drug-likeness (QED) is 0.819. The van der Waals surface area contributed by atoms with Gasteiger partial charge in [-0.05, 0) is 42.8 Å². The van der Waals surface area contributed by atoms with E-state index in [4.69, 9.17) is 4.74 Å². The van der Waals surface area contributed by atoms with E-state index in [9.17, 15) is 13.2 Å². The minimum Gasteiger partial charge on any atom is -0.378 e. The van der Waals surface area contributed by atoms with Crippen molar-refractivity contribution >= 4 is 33.1 Å². The Morgan fingerprint density at radius 3 is 2.75 bits per heavy atom. The number of nitrogens with zero attached hydrogens (tertiary/aromatic N) is 3. The van der Waals surface area contributed by atoms with E-state index in [2.05, 4.69) is 14.6 Å². The predicted molar refractivity (Wildman–Crippen MR) is 108 cm³/mol. The van der Waals surface area contributed by atoms with Crippen LogP contribution in [0.4, 0.5) is 11.4 Å². The van der Waals surface area contributed by atoms with Crippen LogP contribution in [0, 0.1) is 6.92 Å². The van der Waals surface area contributed by atoms with E-state index in [-0.39, 0.29) is 29.6 Å². The molecule has 9 heteroatoms. The molecule has 3 heterocycles. The number of rotatable bonds is 3. The fourth-order valence-corrected chi connectivity index (χ4v) is 4.37. The van der Waals surface area contributed by atoms with E-state index in [1.165, 1.54) is 0 Å². The number of ether oxygens (including phenoxy) is 1. The summed E-state index contributed by atoms with van der Waals surface area (Å²) < 4.78 is 32.9. The third kappa shape index (κ3) is 3.81. The van der Waals surface area contributed by atoms with Crippen molar-refractivity contribution in [3.8, 4) is 0 Å². The van der Waals surface area contributed by atoms with Crippen LogP contribution in [0.3, 0.4) is 0 Å². The van der Waals surface area contributed by atoms with Gasteiger partial charge in [-0.1, -0.05) is 0 Å². The zero-order valence-corrected chi connectivity index (χ0v) is 16.4. The Kier molecular flexibility index (Phi) is 4.94. The van der Waals surface area contributed by atoms with Crippen LogP contribution in [0.15, 0.2) is 46.5 Å². The molecule has 0 radical (unpaired) electrons. The number of morpholine rings is 1. The molecule has 8 nitrogen and oxygen atoms in total. The van der Waals surface area contributed by atoms with Crippen LogP contribution in [0.2, 0.25) is 0 Å². The molecule has 0 spiro atoms. The zero-order chi connectivity index (χ0) is 19.7. The zero-order valence-electron chi connectivity index (χ0n) is 15.6. The highest BCUT2D eigenvalue weighted by atomic mass is 32.2. The predicted octanol–water partition coefficient (Wildman–Crippen LogP) is 1.27. The highest BCUT2D eigenvalue weighted by molar-refractivity contribution is 7.90. The van der Waals surface area contributed by atoms with Crippen molar-refractivity contribution in [3.05, 3.63) is 47.7 Å². The maximum atomic E-state index is 12.8. The van der Waals surface area contributed by atoms with Crippen molar-refractivity contribution in [2.24, 2.45) is 4.40 Å². The van der Waals surface area contributed by atoms with Crippen LogP contribution in [0.25, 0.3) is 0 Å². The van der Waals surface area contributed by atoms with E-state index in [1.807, 2.05) is 25.1 Å². The molecule has 3 aliphatic heterocycles. The average Bonchev–Trinajstić information content (AvgIpc) is 2.69. The topological polar surface area (TPSA) is 91.3 Å². The second-order valence-electron chi connectivity index (χ2n) is 6.87. The number of hydrogen-bond donors (Lipinski definition) is 1. The number of hydrogen-bond acceptors (Lipinski definition) is 6. The normalized spacial score (nSPS) is 20.9. The first-order chi connectivity index (χ1) is 13.4. The molecule has 1 N–H and O–H groups in total. The fraction of sp³-hybridized carbons (Fsp3) is 0.368. The van der Waals surface area contributed by atoms with Gasteiger partial charge in [0.2, 0.25) is 0 Å². The summed E-state index contributed by atoms with van der Waals surface area (Å²) in [5, 5.41) is 2.88. The summed E-state index contributed by atoms with van der Waals surface area (Å²) in [6, 6.07) is 5.87. The van der Waals surface area contributed by atoms with E-state index >= 15 is 0 Å². The molecule has 1 saturated heterocycles. The molecule has 4 rings (SSSR count). The second-order valence-corrected chi connectivity index (χ2v) is 8.62. The lowest BCUT2D eigenvalue weighted by atomic mass is 10.1. The van der Waals surface area contributed by atoms with Crippen LogP contribution in [0.5, 0.6) is 0 Å². The fourth-order valence-electron chi connectivity index (χ4n) is 3.39. The summed E-state index contributed by atoms with van der Waals surface area (Å²) in [4.78, 5) is 16.8. The average molecular weight is 402 g/mol. The number of carbonyl (C=O) groups excluding carboxylic acids is 1. The van der Waals surface area contributed by atoms with E-state index in [0.717, 1.165) is 24.3 Å². The van der Waals surface area contributed by atoms with Gasteiger partial charge in [-0.2, -0.15) is 0 Å². The molecule has 0 aliphatic carbocycles. The number of aryl methyl sites for hydroxylation is 1. The first kappa shape index (κ1) is 18.7. The number of nitrogens with one attached hydrogen (secondary N) is 1. The van der Waals surface area contributed by atoms with Gasteiger partial charge in [0.25, 0.3) is 15.9 Å². The van der Waals surface area contributed by atoms with Crippen LogP contribution in [-0.4, -0.2) is 63.7 Å². The largest absolute Gasteiger partial charge is 0.378 e. The molecule has 0 aromatic heterocycles. The SMILES string of the molecule is Cc1cc(N2CCOCC2)ccc1NC(=O)C1=CC=CN2CCS(=O)(=O)N=C12. The third-order valence-corrected chi connectivity index (χ3v) is 6.09. The van der Waals surface area contributed by atoms with Gasteiger partial charge in [0.05, 0.1) is 24.5 Å². The Morgan fingerprint density at radius 1 is 1.21 bits per heavy atom. The Balaban J connectivity index is 1.54. The molecular weight excluding hydrogens is 380 g/mol. The van der Waals surface area contributed by atoms with E-state index in [1.54, 1.807) is 23.3 Å². The van der Waals surface area contributed by atoms with Gasteiger partial charge in [-0.15, -0.1) is 4.40 Å². The number of amidine groups is 1. The van der Waals surface area contributed by atoms with Crippen molar-refractivity contribution in [3.63, 3.8) is 0 Å². The van der Waals surface area contributed by atoms with Gasteiger partial charge in [-0.25, -0.2) is 8.42 Å². The van der Waals surface area contributed by atoms with Crippen molar-refractivity contribution in [2.75, 3.05) is 48.8 Å². The summed E-state index contributed by atoms with van der Waals surface area (Å²) in [6.07, 6.45) is 5.04. The Morgan fingerprint density at radius 2 is 2.00 bits per heavy atom. The number of fused-ring (bicyclic) bond motifs is 1. The Hall–Kier alpha value is -2.65.